The van der Waals surface area contributed by atoms with Gasteiger partial charge in [-0.3, -0.25) is 14.4 Å². The predicted octanol–water partition coefficient (Wildman–Crippen LogP) is 2.46. The van der Waals surface area contributed by atoms with Crippen molar-refractivity contribution in [2.24, 2.45) is 0 Å². The molecule has 1 N–H and O–H groups in total. The second-order valence-corrected chi connectivity index (χ2v) is 5.55. The Morgan fingerprint density at radius 3 is 2.26 bits per heavy atom. The molecule has 2 aromatic rings. The van der Waals surface area contributed by atoms with E-state index in [4.69, 9.17) is 0 Å². The van der Waals surface area contributed by atoms with E-state index in [2.05, 4.69) is 5.32 Å². The molecule has 5 nitrogen and oxygen atoms in total. The summed E-state index contributed by atoms with van der Waals surface area (Å²) in [5.41, 5.74) is 3.57. The van der Waals surface area contributed by atoms with Crippen LogP contribution in [0.15, 0.2) is 36.4 Å². The Bertz CT molecular complexity index is 855. The minimum atomic E-state index is -0.404. The van der Waals surface area contributed by atoms with Gasteiger partial charge in [-0.15, -0.1) is 0 Å². The Balaban J connectivity index is 2.06. The highest BCUT2D eigenvalue weighted by Gasteiger charge is 2.37. The summed E-state index contributed by atoms with van der Waals surface area (Å²) in [6, 6.07) is 9.99. The summed E-state index contributed by atoms with van der Waals surface area (Å²) in [6.45, 7) is 3.90. The molecule has 23 heavy (non-hydrogen) atoms. The van der Waals surface area contributed by atoms with Crippen LogP contribution in [-0.2, 0) is 0 Å². The average Bonchev–Trinajstić information content (AvgIpc) is 2.80. The Hall–Kier alpha value is -2.95. The fraction of sp³-hybridized carbons (Fsp3) is 0.167. The first kappa shape index (κ1) is 15.0. The topological polar surface area (TPSA) is 66.5 Å². The lowest BCUT2D eigenvalue weighted by Crippen LogP contribution is -2.29. The molecule has 0 aliphatic carbocycles. The van der Waals surface area contributed by atoms with Crippen molar-refractivity contribution < 1.29 is 14.4 Å². The molecule has 1 aliphatic rings. The molecular formula is C18H16N2O3. The number of benzene rings is 2. The number of fused-ring (bicyclic) bond motifs is 1. The Morgan fingerprint density at radius 2 is 1.61 bits per heavy atom. The number of anilines is 1. The fourth-order valence-electron chi connectivity index (χ4n) is 2.63. The van der Waals surface area contributed by atoms with Gasteiger partial charge in [0, 0.05) is 12.6 Å². The highest BCUT2D eigenvalue weighted by atomic mass is 16.2. The number of aryl methyl sites for hydroxylation is 2. The highest BCUT2D eigenvalue weighted by Crippen LogP contribution is 2.30. The van der Waals surface area contributed by atoms with Crippen molar-refractivity contribution in [3.8, 4) is 0 Å². The van der Waals surface area contributed by atoms with Crippen LogP contribution in [0.3, 0.4) is 0 Å². The zero-order valence-corrected chi connectivity index (χ0v) is 13.1. The van der Waals surface area contributed by atoms with Crippen molar-refractivity contribution in [2.75, 3.05) is 11.9 Å². The third-order valence-electron chi connectivity index (χ3n) is 4.12. The maximum Gasteiger partial charge on any atom is 0.266 e. The summed E-state index contributed by atoms with van der Waals surface area (Å²) in [7, 11) is 1.52. The third-order valence-corrected chi connectivity index (χ3v) is 4.12. The molecule has 0 spiro atoms. The molecule has 0 aromatic heterocycles. The molecule has 0 saturated heterocycles. The van der Waals surface area contributed by atoms with Gasteiger partial charge in [0.2, 0.25) is 0 Å². The van der Waals surface area contributed by atoms with Crippen molar-refractivity contribution >= 4 is 23.4 Å². The van der Waals surface area contributed by atoms with Crippen LogP contribution < -0.4 is 10.2 Å². The number of amides is 3. The zero-order chi connectivity index (χ0) is 16.7. The van der Waals surface area contributed by atoms with Gasteiger partial charge in [-0.25, -0.2) is 4.90 Å². The number of nitrogens with zero attached hydrogens (tertiary/aromatic N) is 1. The number of rotatable bonds is 2. The molecule has 116 valence electrons. The molecule has 0 fully saturated rings. The number of carbonyl (C=O) groups excluding carboxylic acids is 3. The van der Waals surface area contributed by atoms with Crippen LogP contribution in [0.5, 0.6) is 0 Å². The van der Waals surface area contributed by atoms with Gasteiger partial charge in [0.1, 0.15) is 0 Å². The lowest BCUT2D eigenvalue weighted by Gasteiger charge is -2.15. The average molecular weight is 308 g/mol. The van der Waals surface area contributed by atoms with Gasteiger partial charge >= 0.3 is 0 Å². The van der Waals surface area contributed by atoms with Crippen LogP contribution in [0, 0.1) is 13.8 Å². The van der Waals surface area contributed by atoms with E-state index in [9.17, 15) is 14.4 Å². The Labute approximate surface area is 133 Å². The molecule has 0 unspecified atom stereocenters. The number of hydrogen-bond donors (Lipinski definition) is 1. The van der Waals surface area contributed by atoms with Crippen molar-refractivity contribution in [3.63, 3.8) is 0 Å². The fourth-order valence-corrected chi connectivity index (χ4v) is 2.63. The molecule has 1 heterocycles. The Kier molecular flexibility index (Phi) is 3.48. The number of imide groups is 1. The van der Waals surface area contributed by atoms with Crippen LogP contribution in [0.1, 0.15) is 42.2 Å². The van der Waals surface area contributed by atoms with Crippen molar-refractivity contribution in [1.29, 1.82) is 0 Å². The lowest BCUT2D eigenvalue weighted by molar-refractivity contribution is 0.0924. The van der Waals surface area contributed by atoms with E-state index in [1.165, 1.54) is 19.2 Å². The second-order valence-electron chi connectivity index (χ2n) is 5.55. The van der Waals surface area contributed by atoms with Crippen LogP contribution in [0.25, 0.3) is 0 Å². The number of carbonyl (C=O) groups is 3. The third kappa shape index (κ3) is 2.30. The summed E-state index contributed by atoms with van der Waals surface area (Å²) < 4.78 is 0. The van der Waals surface area contributed by atoms with Gasteiger partial charge in [-0.05, 0) is 55.3 Å². The smallest absolute Gasteiger partial charge is 0.266 e. The van der Waals surface area contributed by atoms with E-state index in [1.807, 2.05) is 26.0 Å². The second kappa shape index (κ2) is 5.35. The van der Waals surface area contributed by atoms with Gasteiger partial charge in [0.15, 0.2) is 0 Å². The monoisotopic (exact) mass is 308 g/mol. The van der Waals surface area contributed by atoms with Crippen molar-refractivity contribution in [3.05, 3.63) is 64.2 Å². The van der Waals surface area contributed by atoms with Crippen LogP contribution in [0.4, 0.5) is 5.69 Å². The maximum atomic E-state index is 12.6. The van der Waals surface area contributed by atoms with E-state index in [0.29, 0.717) is 16.8 Å². The lowest BCUT2D eigenvalue weighted by atomic mass is 10.1. The highest BCUT2D eigenvalue weighted by molar-refractivity contribution is 6.34. The van der Waals surface area contributed by atoms with Crippen molar-refractivity contribution in [1.82, 2.24) is 5.32 Å². The van der Waals surface area contributed by atoms with Crippen LogP contribution in [-0.4, -0.2) is 24.8 Å². The first-order valence-corrected chi connectivity index (χ1v) is 7.26. The van der Waals surface area contributed by atoms with E-state index < -0.39 is 5.91 Å². The summed E-state index contributed by atoms with van der Waals surface area (Å²) in [5, 5.41) is 2.51. The molecule has 3 amide bonds. The maximum absolute atomic E-state index is 12.6. The van der Waals surface area contributed by atoms with Gasteiger partial charge in [0.05, 0.1) is 16.8 Å². The minimum absolute atomic E-state index is 0.259. The minimum Gasteiger partial charge on any atom is -0.355 e. The normalized spacial score (nSPS) is 13.3. The molecule has 0 saturated carbocycles. The van der Waals surface area contributed by atoms with E-state index in [-0.39, 0.29) is 17.4 Å². The van der Waals surface area contributed by atoms with E-state index in [0.717, 1.165) is 16.0 Å². The molecule has 3 rings (SSSR count). The summed E-state index contributed by atoms with van der Waals surface area (Å²) in [4.78, 5) is 38.1. The summed E-state index contributed by atoms with van der Waals surface area (Å²) >= 11 is 0. The van der Waals surface area contributed by atoms with Crippen molar-refractivity contribution in [2.45, 2.75) is 13.8 Å². The SMILES string of the molecule is CNC(=O)c1ccc2c(c1)C(=O)N(c1ccc(C)c(C)c1)C2=O. The van der Waals surface area contributed by atoms with Gasteiger partial charge in [0.25, 0.3) is 17.7 Å². The zero-order valence-electron chi connectivity index (χ0n) is 13.1. The molecule has 0 bridgehead atoms. The first-order valence-electron chi connectivity index (χ1n) is 7.26. The molecule has 5 heteroatoms. The Morgan fingerprint density at radius 1 is 0.913 bits per heavy atom. The first-order chi connectivity index (χ1) is 10.9. The summed E-state index contributed by atoms with van der Waals surface area (Å²) in [6.07, 6.45) is 0. The molecule has 0 atom stereocenters. The molecule has 0 radical (unpaired) electrons. The quantitative estimate of drug-likeness (QED) is 0.867. The number of nitrogens with one attached hydrogen (secondary N) is 1. The number of hydrogen-bond acceptors (Lipinski definition) is 3. The largest absolute Gasteiger partial charge is 0.355 e. The molecular weight excluding hydrogens is 292 g/mol. The van der Waals surface area contributed by atoms with Gasteiger partial charge in [-0.1, -0.05) is 6.07 Å². The molecule has 1 aliphatic heterocycles. The standard InChI is InChI=1S/C18H16N2O3/c1-10-4-6-13(8-11(10)2)20-17(22)14-7-5-12(16(21)19-3)9-15(14)18(20)23/h4-9H,1-3H3,(H,19,21). The predicted molar refractivity (Wildman–Crippen MR) is 86.9 cm³/mol. The van der Waals surface area contributed by atoms with Gasteiger partial charge < -0.3 is 5.32 Å². The summed E-state index contributed by atoms with van der Waals surface area (Å²) in [5.74, 6) is -1.06. The molecule has 2 aromatic carbocycles. The van der Waals surface area contributed by atoms with E-state index >= 15 is 0 Å². The van der Waals surface area contributed by atoms with E-state index in [1.54, 1.807) is 12.1 Å². The van der Waals surface area contributed by atoms with Crippen LogP contribution in [0.2, 0.25) is 0 Å². The van der Waals surface area contributed by atoms with Crippen LogP contribution >= 0.6 is 0 Å². The van der Waals surface area contributed by atoms with Gasteiger partial charge in [-0.2, -0.15) is 0 Å².